The summed E-state index contributed by atoms with van der Waals surface area (Å²) in [5.74, 6) is 0. The summed E-state index contributed by atoms with van der Waals surface area (Å²) < 4.78 is 0.869. The molecular weight excluding hydrogens is 240 g/mol. The molecule has 2 rings (SSSR count). The fraction of sp³-hybridized carbons (Fsp3) is 0.571. The Morgan fingerprint density at radius 3 is 2.83 bits per heavy atom. The highest BCUT2D eigenvalue weighted by Crippen LogP contribution is 2.30. The lowest BCUT2D eigenvalue weighted by Gasteiger charge is -2.43. The summed E-state index contributed by atoms with van der Waals surface area (Å²) in [5, 5.41) is 12.4. The molecule has 0 radical (unpaired) electrons. The molecule has 0 amide bonds. The van der Waals surface area contributed by atoms with Crippen molar-refractivity contribution in [2.45, 2.75) is 12.5 Å². The second-order valence-electron chi connectivity index (χ2n) is 3.31. The number of hydrogen-bond acceptors (Lipinski definition) is 4. The van der Waals surface area contributed by atoms with Gasteiger partial charge in [0.05, 0.1) is 18.7 Å². The molecular formula is C7H9BrN2OS. The first-order valence-electron chi connectivity index (χ1n) is 3.65. The number of anilines is 1. The van der Waals surface area contributed by atoms with Crippen LogP contribution in [0, 0.1) is 0 Å². The van der Waals surface area contributed by atoms with E-state index in [2.05, 4.69) is 25.8 Å². The van der Waals surface area contributed by atoms with Crippen molar-refractivity contribution in [3.8, 4) is 0 Å². The molecule has 2 heterocycles. The molecule has 0 unspecified atom stereocenters. The van der Waals surface area contributed by atoms with Crippen LogP contribution in [0.1, 0.15) is 6.92 Å². The summed E-state index contributed by atoms with van der Waals surface area (Å²) in [5.41, 5.74) is -0.516. The van der Waals surface area contributed by atoms with Crippen LogP contribution in [0.3, 0.4) is 0 Å². The van der Waals surface area contributed by atoms with E-state index in [1.54, 1.807) is 11.3 Å². The molecule has 5 heteroatoms. The highest BCUT2D eigenvalue weighted by molar-refractivity contribution is 9.10. The molecule has 66 valence electrons. The molecule has 1 aliphatic rings. The Balaban J connectivity index is 2.06. The molecule has 1 aromatic heterocycles. The van der Waals surface area contributed by atoms with Gasteiger partial charge in [0.1, 0.15) is 4.60 Å². The van der Waals surface area contributed by atoms with Gasteiger partial charge in [-0.2, -0.15) is 0 Å². The second-order valence-corrected chi connectivity index (χ2v) is 4.95. The van der Waals surface area contributed by atoms with Crippen LogP contribution in [0.4, 0.5) is 5.13 Å². The molecule has 0 atom stereocenters. The quantitative estimate of drug-likeness (QED) is 0.818. The molecule has 0 saturated carbocycles. The number of nitrogens with zero attached hydrogens (tertiary/aromatic N) is 2. The number of aliphatic hydroxyl groups is 1. The van der Waals surface area contributed by atoms with Gasteiger partial charge in [0.15, 0.2) is 5.13 Å². The minimum absolute atomic E-state index is 0.516. The van der Waals surface area contributed by atoms with Crippen LogP contribution < -0.4 is 4.90 Å². The lowest BCUT2D eigenvalue weighted by molar-refractivity contribution is 0.0310. The van der Waals surface area contributed by atoms with Gasteiger partial charge < -0.3 is 10.0 Å². The summed E-state index contributed by atoms with van der Waals surface area (Å²) in [6.45, 7) is 3.21. The van der Waals surface area contributed by atoms with E-state index in [4.69, 9.17) is 0 Å². The number of rotatable bonds is 1. The van der Waals surface area contributed by atoms with E-state index in [0.717, 1.165) is 9.73 Å². The van der Waals surface area contributed by atoms with Gasteiger partial charge in [-0.1, -0.05) is 0 Å². The molecule has 3 nitrogen and oxygen atoms in total. The summed E-state index contributed by atoms with van der Waals surface area (Å²) >= 11 is 4.88. The predicted octanol–water partition coefficient (Wildman–Crippen LogP) is 1.48. The minimum atomic E-state index is -0.516. The molecule has 12 heavy (non-hydrogen) atoms. The summed E-state index contributed by atoms with van der Waals surface area (Å²) in [4.78, 5) is 6.31. The Kier molecular flexibility index (Phi) is 1.89. The Morgan fingerprint density at radius 1 is 1.75 bits per heavy atom. The maximum absolute atomic E-state index is 9.48. The van der Waals surface area contributed by atoms with Crippen LogP contribution in [0.5, 0.6) is 0 Å². The van der Waals surface area contributed by atoms with Crippen molar-refractivity contribution in [1.29, 1.82) is 0 Å². The Labute approximate surface area is 83.2 Å². The monoisotopic (exact) mass is 248 g/mol. The van der Waals surface area contributed by atoms with Crippen LogP contribution in [0.25, 0.3) is 0 Å². The van der Waals surface area contributed by atoms with Crippen molar-refractivity contribution in [2.75, 3.05) is 18.0 Å². The number of β-amino-alcohol motifs (C(OH)–C–C–N with tert-alkyl or cyclic N) is 1. The third kappa shape index (κ3) is 1.48. The van der Waals surface area contributed by atoms with Crippen molar-refractivity contribution in [1.82, 2.24) is 4.98 Å². The number of halogens is 1. The highest BCUT2D eigenvalue weighted by atomic mass is 79.9. The summed E-state index contributed by atoms with van der Waals surface area (Å²) in [7, 11) is 0. The SMILES string of the molecule is CC1(O)CN(c2nc(Br)cs2)C1. The molecule has 1 aliphatic heterocycles. The van der Waals surface area contributed by atoms with E-state index in [1.807, 2.05) is 12.3 Å². The largest absolute Gasteiger partial charge is 0.386 e. The number of hydrogen-bond donors (Lipinski definition) is 1. The molecule has 1 saturated heterocycles. The molecule has 0 aromatic carbocycles. The fourth-order valence-corrected chi connectivity index (χ4v) is 2.55. The summed E-state index contributed by atoms with van der Waals surface area (Å²) in [6, 6.07) is 0. The highest BCUT2D eigenvalue weighted by Gasteiger charge is 2.37. The van der Waals surface area contributed by atoms with Crippen molar-refractivity contribution < 1.29 is 5.11 Å². The zero-order valence-corrected chi connectivity index (χ0v) is 9.02. The molecule has 0 bridgehead atoms. The van der Waals surface area contributed by atoms with Gasteiger partial charge in [0.25, 0.3) is 0 Å². The second kappa shape index (κ2) is 2.68. The number of thiazole rings is 1. The van der Waals surface area contributed by atoms with Gasteiger partial charge in [0.2, 0.25) is 0 Å². The van der Waals surface area contributed by atoms with E-state index in [1.165, 1.54) is 0 Å². The third-order valence-corrected chi connectivity index (χ3v) is 3.41. The van der Waals surface area contributed by atoms with Crippen molar-refractivity contribution >= 4 is 32.4 Å². The molecule has 1 aromatic rings. The van der Waals surface area contributed by atoms with Crippen LogP contribution in [0.15, 0.2) is 9.98 Å². The lowest BCUT2D eigenvalue weighted by atomic mass is 9.98. The Morgan fingerprint density at radius 2 is 2.42 bits per heavy atom. The smallest absolute Gasteiger partial charge is 0.186 e. The molecule has 0 spiro atoms. The van der Waals surface area contributed by atoms with Gasteiger partial charge in [0, 0.05) is 5.38 Å². The first-order valence-corrected chi connectivity index (χ1v) is 5.32. The van der Waals surface area contributed by atoms with Gasteiger partial charge in [-0.15, -0.1) is 11.3 Å². The van der Waals surface area contributed by atoms with Crippen molar-refractivity contribution in [3.05, 3.63) is 9.98 Å². The molecule has 1 fully saturated rings. The van der Waals surface area contributed by atoms with Crippen LogP contribution in [0.2, 0.25) is 0 Å². The van der Waals surface area contributed by atoms with E-state index in [0.29, 0.717) is 13.1 Å². The fourth-order valence-electron chi connectivity index (χ4n) is 1.30. The zero-order valence-electron chi connectivity index (χ0n) is 6.62. The van der Waals surface area contributed by atoms with Crippen LogP contribution >= 0.6 is 27.3 Å². The van der Waals surface area contributed by atoms with Crippen LogP contribution in [-0.2, 0) is 0 Å². The van der Waals surface area contributed by atoms with Gasteiger partial charge in [-0.25, -0.2) is 4.98 Å². The minimum Gasteiger partial charge on any atom is -0.386 e. The van der Waals surface area contributed by atoms with E-state index in [9.17, 15) is 5.11 Å². The lowest BCUT2D eigenvalue weighted by Crippen LogP contribution is -2.60. The maximum Gasteiger partial charge on any atom is 0.186 e. The van der Waals surface area contributed by atoms with E-state index in [-0.39, 0.29) is 0 Å². The molecule has 1 N–H and O–H groups in total. The van der Waals surface area contributed by atoms with Gasteiger partial charge in [-0.05, 0) is 22.9 Å². The average Bonchev–Trinajstić information content (AvgIpc) is 2.30. The van der Waals surface area contributed by atoms with E-state index >= 15 is 0 Å². The van der Waals surface area contributed by atoms with Crippen molar-refractivity contribution in [3.63, 3.8) is 0 Å². The predicted molar refractivity (Wildman–Crippen MR) is 52.7 cm³/mol. The average molecular weight is 249 g/mol. The molecule has 0 aliphatic carbocycles. The van der Waals surface area contributed by atoms with E-state index < -0.39 is 5.60 Å². The Bertz CT molecular complexity index is 291. The first kappa shape index (κ1) is 8.47. The van der Waals surface area contributed by atoms with Crippen LogP contribution in [-0.4, -0.2) is 28.8 Å². The maximum atomic E-state index is 9.48. The van der Waals surface area contributed by atoms with Gasteiger partial charge in [-0.3, -0.25) is 0 Å². The number of aromatic nitrogens is 1. The first-order chi connectivity index (χ1) is 5.57. The zero-order chi connectivity index (χ0) is 8.77. The Hall–Kier alpha value is -0.130. The normalized spacial score (nSPS) is 20.8. The topological polar surface area (TPSA) is 36.4 Å². The third-order valence-electron chi connectivity index (χ3n) is 1.80. The summed E-state index contributed by atoms with van der Waals surface area (Å²) in [6.07, 6.45) is 0. The standard InChI is InChI=1S/C7H9BrN2OS/c1-7(11)3-10(4-7)6-9-5(8)2-12-6/h2,11H,3-4H2,1H3. The van der Waals surface area contributed by atoms with Gasteiger partial charge >= 0.3 is 0 Å². The van der Waals surface area contributed by atoms with Crippen molar-refractivity contribution in [2.24, 2.45) is 0 Å².